The molecule has 2 heterocycles. The summed E-state index contributed by atoms with van der Waals surface area (Å²) in [6.07, 6.45) is 3.33. The average molecular weight is 327 g/mol. The maximum absolute atomic E-state index is 12.8. The summed E-state index contributed by atoms with van der Waals surface area (Å²) in [5, 5.41) is 6.05. The van der Waals surface area contributed by atoms with E-state index >= 15 is 0 Å². The minimum Gasteiger partial charge on any atom is -0.308 e. The molecule has 0 spiro atoms. The number of ketones is 1. The quantitative estimate of drug-likeness (QED) is 0.581. The Balaban J connectivity index is 2.03. The van der Waals surface area contributed by atoms with Gasteiger partial charge in [-0.05, 0) is 32.3 Å². The number of pyridine rings is 1. The fourth-order valence-corrected chi connectivity index (χ4v) is 3.28. The maximum atomic E-state index is 12.8. The second-order valence-corrected chi connectivity index (χ2v) is 6.35. The number of fused-ring (bicyclic) bond motifs is 2. The molecule has 4 rings (SSSR count). The van der Waals surface area contributed by atoms with E-state index in [1.807, 2.05) is 24.8 Å². The maximum Gasteiger partial charge on any atom is 0.196 e. The van der Waals surface area contributed by atoms with Gasteiger partial charge in [-0.3, -0.25) is 14.5 Å². The van der Waals surface area contributed by atoms with Crippen LogP contribution in [-0.4, -0.2) is 46.1 Å². The molecule has 3 aromatic rings. The van der Waals surface area contributed by atoms with Gasteiger partial charge in [0.15, 0.2) is 5.78 Å². The topological polar surface area (TPSA) is 51.0 Å². The molecular formula is C17H15ClN4O. The van der Waals surface area contributed by atoms with E-state index in [0.29, 0.717) is 16.1 Å². The number of carbonyl (C=O) groups excluding carboxylic acids is 1. The van der Waals surface area contributed by atoms with Crippen LogP contribution in [0.25, 0.3) is 22.2 Å². The van der Waals surface area contributed by atoms with Gasteiger partial charge < -0.3 is 4.90 Å². The predicted octanol–water partition coefficient (Wildman–Crippen LogP) is 2.86. The summed E-state index contributed by atoms with van der Waals surface area (Å²) >= 11 is 6.33. The van der Waals surface area contributed by atoms with Gasteiger partial charge in [0.05, 0.1) is 22.6 Å². The first-order chi connectivity index (χ1) is 11.1. The number of benzene rings is 1. The Morgan fingerprint density at radius 3 is 2.83 bits per heavy atom. The molecule has 0 fully saturated rings. The van der Waals surface area contributed by atoms with Crippen molar-refractivity contribution in [1.29, 1.82) is 0 Å². The standard InChI is InChI=1S/C17H15ClN4O/c1-21(2)7-8-22-13-4-3-12(18)14-15(13)16(20-22)11-9-19-6-5-10(11)17(14)23/h3-6,9H,7-8H2,1-2H3. The van der Waals surface area contributed by atoms with Crippen LogP contribution < -0.4 is 0 Å². The van der Waals surface area contributed by atoms with E-state index in [0.717, 1.165) is 35.2 Å². The van der Waals surface area contributed by atoms with Crippen LogP contribution in [0.1, 0.15) is 15.9 Å². The highest BCUT2D eigenvalue weighted by Crippen LogP contribution is 2.41. The van der Waals surface area contributed by atoms with E-state index in [2.05, 4.69) is 9.88 Å². The third-order valence-electron chi connectivity index (χ3n) is 4.17. The Hall–Kier alpha value is -2.24. The number of hydrogen-bond acceptors (Lipinski definition) is 4. The van der Waals surface area contributed by atoms with Crippen LogP contribution in [0.15, 0.2) is 30.6 Å². The summed E-state index contributed by atoms with van der Waals surface area (Å²) in [5.41, 5.74) is 3.66. The normalized spacial score (nSPS) is 13.0. The van der Waals surface area contributed by atoms with E-state index in [9.17, 15) is 4.79 Å². The average Bonchev–Trinajstić information content (AvgIpc) is 2.91. The van der Waals surface area contributed by atoms with Gasteiger partial charge in [0.2, 0.25) is 0 Å². The first-order valence-corrected chi connectivity index (χ1v) is 7.78. The molecule has 5 nitrogen and oxygen atoms in total. The molecule has 1 aliphatic carbocycles. The first kappa shape index (κ1) is 14.4. The summed E-state index contributed by atoms with van der Waals surface area (Å²) in [6, 6.07) is 5.44. The zero-order valence-corrected chi connectivity index (χ0v) is 13.6. The van der Waals surface area contributed by atoms with Crippen molar-refractivity contribution in [2.45, 2.75) is 6.54 Å². The SMILES string of the molecule is CN(C)CCn1nc2c3c(c(Cl)ccc31)C(=O)c1ccncc1-2. The first-order valence-electron chi connectivity index (χ1n) is 7.40. The van der Waals surface area contributed by atoms with Gasteiger partial charge in [-0.2, -0.15) is 5.10 Å². The van der Waals surface area contributed by atoms with Crippen LogP contribution in [0.2, 0.25) is 5.02 Å². The van der Waals surface area contributed by atoms with Gasteiger partial charge in [0.25, 0.3) is 0 Å². The molecule has 23 heavy (non-hydrogen) atoms. The molecule has 0 radical (unpaired) electrons. The lowest BCUT2D eigenvalue weighted by Crippen LogP contribution is -2.18. The molecule has 6 heteroatoms. The van der Waals surface area contributed by atoms with Crippen molar-refractivity contribution in [3.8, 4) is 11.3 Å². The monoisotopic (exact) mass is 326 g/mol. The van der Waals surface area contributed by atoms with Gasteiger partial charge in [-0.1, -0.05) is 11.6 Å². The molecule has 0 aliphatic heterocycles. The lowest BCUT2D eigenvalue weighted by Gasteiger charge is -2.14. The highest BCUT2D eigenvalue weighted by atomic mass is 35.5. The van der Waals surface area contributed by atoms with Crippen LogP contribution in [0.5, 0.6) is 0 Å². The van der Waals surface area contributed by atoms with Crippen LogP contribution in [0, 0.1) is 0 Å². The van der Waals surface area contributed by atoms with Gasteiger partial charge >= 0.3 is 0 Å². The van der Waals surface area contributed by atoms with E-state index in [4.69, 9.17) is 16.7 Å². The van der Waals surface area contributed by atoms with Crippen molar-refractivity contribution >= 4 is 28.3 Å². The second-order valence-electron chi connectivity index (χ2n) is 5.94. The van der Waals surface area contributed by atoms with Crippen molar-refractivity contribution < 1.29 is 4.79 Å². The summed E-state index contributed by atoms with van der Waals surface area (Å²) < 4.78 is 1.94. The number of aromatic nitrogens is 3. The highest BCUT2D eigenvalue weighted by molar-refractivity contribution is 6.39. The number of carbonyl (C=O) groups is 1. The molecule has 1 aromatic carbocycles. The number of halogens is 1. The minimum absolute atomic E-state index is 0.0577. The lowest BCUT2D eigenvalue weighted by atomic mass is 9.88. The lowest BCUT2D eigenvalue weighted by molar-refractivity contribution is 0.104. The Labute approximate surface area is 138 Å². The summed E-state index contributed by atoms with van der Waals surface area (Å²) in [7, 11) is 4.05. The van der Waals surface area contributed by atoms with Gasteiger partial charge in [0.1, 0.15) is 5.69 Å². The van der Waals surface area contributed by atoms with E-state index < -0.39 is 0 Å². The zero-order chi connectivity index (χ0) is 16.1. The Kier molecular flexibility index (Phi) is 3.21. The van der Waals surface area contributed by atoms with E-state index in [-0.39, 0.29) is 5.78 Å². The summed E-state index contributed by atoms with van der Waals surface area (Å²) in [5.74, 6) is -0.0577. The van der Waals surface area contributed by atoms with Crippen molar-refractivity contribution in [2.75, 3.05) is 20.6 Å². The van der Waals surface area contributed by atoms with Gasteiger partial charge in [0, 0.05) is 35.5 Å². The largest absolute Gasteiger partial charge is 0.308 e. The predicted molar refractivity (Wildman–Crippen MR) is 90.0 cm³/mol. The third-order valence-corrected chi connectivity index (χ3v) is 4.49. The molecule has 0 unspecified atom stereocenters. The fraction of sp³-hybridized carbons (Fsp3) is 0.235. The molecule has 0 atom stereocenters. The van der Waals surface area contributed by atoms with Gasteiger partial charge in [-0.15, -0.1) is 0 Å². The van der Waals surface area contributed by atoms with E-state index in [1.165, 1.54) is 0 Å². The Morgan fingerprint density at radius 1 is 1.22 bits per heavy atom. The molecule has 0 saturated carbocycles. The Bertz CT molecular complexity index is 945. The zero-order valence-electron chi connectivity index (χ0n) is 12.9. The third kappa shape index (κ3) is 2.08. The number of hydrogen-bond donors (Lipinski definition) is 0. The second kappa shape index (κ2) is 5.15. The summed E-state index contributed by atoms with van der Waals surface area (Å²) in [6.45, 7) is 1.61. The van der Waals surface area contributed by atoms with Crippen LogP contribution in [-0.2, 0) is 6.54 Å². The smallest absolute Gasteiger partial charge is 0.196 e. The van der Waals surface area contributed by atoms with Crippen molar-refractivity contribution in [3.63, 3.8) is 0 Å². The van der Waals surface area contributed by atoms with Crippen LogP contribution in [0.3, 0.4) is 0 Å². The number of rotatable bonds is 3. The number of nitrogens with zero attached hydrogens (tertiary/aromatic N) is 4. The fourth-order valence-electron chi connectivity index (χ4n) is 3.04. The van der Waals surface area contributed by atoms with E-state index in [1.54, 1.807) is 24.5 Å². The highest BCUT2D eigenvalue weighted by Gasteiger charge is 2.30. The molecule has 2 aromatic heterocycles. The summed E-state index contributed by atoms with van der Waals surface area (Å²) in [4.78, 5) is 19.1. The molecule has 0 N–H and O–H groups in total. The molecular weight excluding hydrogens is 312 g/mol. The minimum atomic E-state index is -0.0577. The molecule has 0 bridgehead atoms. The molecule has 1 aliphatic rings. The molecule has 0 amide bonds. The van der Waals surface area contributed by atoms with Crippen molar-refractivity contribution in [1.82, 2.24) is 19.7 Å². The van der Waals surface area contributed by atoms with Gasteiger partial charge in [-0.25, -0.2) is 0 Å². The number of likely N-dealkylation sites (N-methyl/N-ethyl adjacent to an activating group) is 1. The Morgan fingerprint density at radius 2 is 2.04 bits per heavy atom. The van der Waals surface area contributed by atoms with Crippen LogP contribution >= 0.6 is 11.6 Å². The molecule has 116 valence electrons. The van der Waals surface area contributed by atoms with Crippen LogP contribution in [0.4, 0.5) is 0 Å². The molecule has 0 saturated heterocycles. The van der Waals surface area contributed by atoms with Crippen molar-refractivity contribution in [3.05, 3.63) is 46.7 Å². The van der Waals surface area contributed by atoms with Crippen molar-refractivity contribution in [2.24, 2.45) is 0 Å².